The van der Waals surface area contributed by atoms with Crippen molar-refractivity contribution in [2.24, 2.45) is 17.3 Å². The number of rotatable bonds is 8. The van der Waals surface area contributed by atoms with E-state index in [-0.39, 0.29) is 44.2 Å². The van der Waals surface area contributed by atoms with Crippen LogP contribution in [-0.2, 0) is 9.53 Å². The van der Waals surface area contributed by atoms with Gasteiger partial charge in [0.2, 0.25) is 0 Å². The van der Waals surface area contributed by atoms with Gasteiger partial charge in [-0.15, -0.1) is 0 Å². The number of unbranched alkanes of at least 4 members (excludes halogenated alkanes) is 1. The number of alkyl halides is 4. The van der Waals surface area contributed by atoms with Gasteiger partial charge >= 0.3 is 17.8 Å². The van der Waals surface area contributed by atoms with Crippen molar-refractivity contribution in [2.75, 3.05) is 6.61 Å². The third-order valence-corrected chi connectivity index (χ3v) is 6.46. The maximum absolute atomic E-state index is 13.2. The average Bonchev–Trinajstić information content (AvgIpc) is 2.42. The Labute approximate surface area is 151 Å². The van der Waals surface area contributed by atoms with Crippen LogP contribution in [0, 0.1) is 17.3 Å². The van der Waals surface area contributed by atoms with Crippen LogP contribution in [0.4, 0.5) is 17.6 Å². The average molecular weight is 380 g/mol. The fourth-order valence-corrected chi connectivity index (χ4v) is 5.82. The molecule has 26 heavy (non-hydrogen) atoms. The molecule has 4 aliphatic rings. The van der Waals surface area contributed by atoms with E-state index in [1.165, 1.54) is 0 Å². The summed E-state index contributed by atoms with van der Waals surface area (Å²) in [6.45, 7) is 0.184. The molecule has 2 atom stereocenters. The first-order valence-electron chi connectivity index (χ1n) is 9.56. The third-order valence-electron chi connectivity index (χ3n) is 6.46. The Balaban J connectivity index is 1.40. The molecule has 0 aliphatic heterocycles. The summed E-state index contributed by atoms with van der Waals surface area (Å²) in [7, 11) is 0. The maximum atomic E-state index is 13.2. The predicted molar refractivity (Wildman–Crippen MR) is 87.1 cm³/mol. The van der Waals surface area contributed by atoms with Crippen LogP contribution in [0.3, 0.4) is 0 Å². The number of halogens is 4. The second kappa shape index (κ2) is 6.64. The molecule has 4 bridgehead atoms. The predicted octanol–water partition coefficient (Wildman–Crippen LogP) is 4.71. The molecule has 150 valence electrons. The molecule has 7 heteroatoms. The lowest BCUT2D eigenvalue weighted by molar-refractivity contribution is -0.201. The van der Waals surface area contributed by atoms with Gasteiger partial charge in [0.05, 0.1) is 18.6 Å². The Morgan fingerprint density at radius 1 is 1.12 bits per heavy atom. The molecule has 4 fully saturated rings. The summed E-state index contributed by atoms with van der Waals surface area (Å²) in [5.74, 6) is -7.49. The van der Waals surface area contributed by atoms with Gasteiger partial charge in [-0.2, -0.15) is 8.78 Å². The van der Waals surface area contributed by atoms with Gasteiger partial charge in [-0.1, -0.05) is 0 Å². The maximum Gasteiger partial charge on any atom is 0.309 e. The van der Waals surface area contributed by atoms with Gasteiger partial charge in [0, 0.05) is 13.3 Å². The second-order valence-electron chi connectivity index (χ2n) is 9.13. The standard InChI is InChI=1S/C19H28F4O3/c1-16(20,21)19(22,23)4-2-3-5-26-15(24)11-17-7-13-6-14(8-17)10-18(25,9-13)12-17/h13-14,25H,2-12H2,1H3. The highest BCUT2D eigenvalue weighted by Crippen LogP contribution is 2.62. The van der Waals surface area contributed by atoms with Gasteiger partial charge in [0.1, 0.15) is 0 Å². The molecule has 0 radical (unpaired) electrons. The van der Waals surface area contributed by atoms with Crippen molar-refractivity contribution >= 4 is 5.97 Å². The van der Waals surface area contributed by atoms with Crippen molar-refractivity contribution in [1.29, 1.82) is 0 Å². The second-order valence-corrected chi connectivity index (χ2v) is 9.13. The molecular formula is C19H28F4O3. The van der Waals surface area contributed by atoms with Gasteiger partial charge in [0.25, 0.3) is 0 Å². The lowest BCUT2D eigenvalue weighted by Gasteiger charge is -2.60. The number of hydrogen-bond donors (Lipinski definition) is 1. The van der Waals surface area contributed by atoms with E-state index in [4.69, 9.17) is 4.74 Å². The Bertz CT molecular complexity index is 529. The molecule has 4 aliphatic carbocycles. The van der Waals surface area contributed by atoms with Gasteiger partial charge in [0.15, 0.2) is 0 Å². The third kappa shape index (κ3) is 4.18. The highest BCUT2D eigenvalue weighted by atomic mass is 19.3. The number of carbonyl (C=O) groups excluding carboxylic acids is 1. The molecule has 1 N–H and O–H groups in total. The van der Waals surface area contributed by atoms with Crippen molar-refractivity contribution in [3.8, 4) is 0 Å². The topological polar surface area (TPSA) is 46.5 Å². The van der Waals surface area contributed by atoms with E-state index in [0.717, 1.165) is 32.1 Å². The first-order chi connectivity index (χ1) is 11.9. The summed E-state index contributed by atoms with van der Waals surface area (Å²) in [4.78, 5) is 12.2. The van der Waals surface area contributed by atoms with E-state index < -0.39 is 23.9 Å². The van der Waals surface area contributed by atoms with Crippen molar-refractivity contribution in [3.05, 3.63) is 0 Å². The minimum Gasteiger partial charge on any atom is -0.466 e. The molecule has 2 unspecified atom stereocenters. The van der Waals surface area contributed by atoms with Gasteiger partial charge in [-0.3, -0.25) is 4.79 Å². The van der Waals surface area contributed by atoms with Crippen LogP contribution in [0.5, 0.6) is 0 Å². The molecule has 0 amide bonds. The number of aliphatic hydroxyl groups is 1. The number of ether oxygens (including phenoxy) is 1. The quantitative estimate of drug-likeness (QED) is 0.377. The normalized spacial score (nSPS) is 36.4. The SMILES string of the molecule is CC(F)(F)C(F)(F)CCCCOC(=O)CC12CC3CC(CC(O)(C3)C1)C2. The number of esters is 1. The smallest absolute Gasteiger partial charge is 0.309 e. The lowest BCUT2D eigenvalue weighted by atomic mass is 9.47. The molecule has 0 aromatic carbocycles. The fraction of sp³-hybridized carbons (Fsp3) is 0.947. The Morgan fingerprint density at radius 2 is 1.73 bits per heavy atom. The van der Waals surface area contributed by atoms with E-state index in [9.17, 15) is 27.5 Å². The zero-order valence-corrected chi connectivity index (χ0v) is 15.2. The summed E-state index contributed by atoms with van der Waals surface area (Å²) in [6, 6.07) is 0. The zero-order valence-electron chi connectivity index (χ0n) is 15.2. The minimum absolute atomic E-state index is 0.0304. The van der Waals surface area contributed by atoms with E-state index >= 15 is 0 Å². The highest BCUT2D eigenvalue weighted by molar-refractivity contribution is 5.70. The largest absolute Gasteiger partial charge is 0.466 e. The van der Waals surface area contributed by atoms with E-state index in [0.29, 0.717) is 18.3 Å². The summed E-state index contributed by atoms with van der Waals surface area (Å²) < 4.78 is 56.9. The Morgan fingerprint density at radius 3 is 2.27 bits per heavy atom. The first-order valence-corrected chi connectivity index (χ1v) is 9.56. The first kappa shape index (κ1) is 19.9. The van der Waals surface area contributed by atoms with E-state index in [1.54, 1.807) is 0 Å². The minimum atomic E-state index is -4.04. The molecule has 4 saturated carbocycles. The van der Waals surface area contributed by atoms with Crippen molar-refractivity contribution in [1.82, 2.24) is 0 Å². The van der Waals surface area contributed by atoms with Crippen molar-refractivity contribution in [3.63, 3.8) is 0 Å². The highest BCUT2D eigenvalue weighted by Gasteiger charge is 2.57. The Kier molecular flexibility index (Phi) is 5.08. The van der Waals surface area contributed by atoms with Gasteiger partial charge in [-0.25, -0.2) is 8.78 Å². The molecule has 0 saturated heterocycles. The molecule has 0 heterocycles. The summed E-state index contributed by atoms with van der Waals surface area (Å²) in [5.41, 5.74) is -0.825. The lowest BCUT2D eigenvalue weighted by Crippen LogP contribution is -2.56. The molecule has 3 nitrogen and oxygen atoms in total. The Hall–Kier alpha value is -0.850. The summed E-state index contributed by atoms with van der Waals surface area (Å²) >= 11 is 0. The molecule has 0 spiro atoms. The zero-order chi connectivity index (χ0) is 19.2. The van der Waals surface area contributed by atoms with E-state index in [1.807, 2.05) is 0 Å². The number of hydrogen-bond acceptors (Lipinski definition) is 3. The monoisotopic (exact) mass is 380 g/mol. The summed E-state index contributed by atoms with van der Waals surface area (Å²) in [6.07, 6.45) is 4.66. The molecule has 4 rings (SSSR count). The molecule has 0 aromatic heterocycles. The summed E-state index contributed by atoms with van der Waals surface area (Å²) in [5, 5.41) is 10.7. The van der Waals surface area contributed by atoms with Crippen LogP contribution in [0.2, 0.25) is 0 Å². The molecular weight excluding hydrogens is 352 g/mol. The van der Waals surface area contributed by atoms with Crippen LogP contribution < -0.4 is 0 Å². The van der Waals surface area contributed by atoms with Crippen molar-refractivity contribution in [2.45, 2.75) is 88.6 Å². The van der Waals surface area contributed by atoms with Crippen LogP contribution >= 0.6 is 0 Å². The number of carbonyl (C=O) groups is 1. The van der Waals surface area contributed by atoms with Crippen LogP contribution in [0.1, 0.15) is 71.1 Å². The van der Waals surface area contributed by atoms with Gasteiger partial charge < -0.3 is 9.84 Å². The fourth-order valence-electron chi connectivity index (χ4n) is 5.82. The van der Waals surface area contributed by atoms with Crippen LogP contribution in [0.25, 0.3) is 0 Å². The van der Waals surface area contributed by atoms with Crippen molar-refractivity contribution < 1.29 is 32.2 Å². The van der Waals surface area contributed by atoms with E-state index in [2.05, 4.69) is 0 Å². The van der Waals surface area contributed by atoms with Crippen LogP contribution in [-0.4, -0.2) is 35.1 Å². The van der Waals surface area contributed by atoms with Crippen LogP contribution in [0.15, 0.2) is 0 Å². The molecule has 0 aromatic rings. The van der Waals surface area contributed by atoms with Gasteiger partial charge in [-0.05, 0) is 68.6 Å².